The van der Waals surface area contributed by atoms with E-state index in [2.05, 4.69) is 15.5 Å². The van der Waals surface area contributed by atoms with E-state index in [0.717, 1.165) is 27.7 Å². The van der Waals surface area contributed by atoms with Crippen molar-refractivity contribution < 1.29 is 18.1 Å². The van der Waals surface area contributed by atoms with Gasteiger partial charge >= 0.3 is 11.8 Å². The molecule has 4 rings (SSSR count). The average Bonchev–Trinajstić information content (AvgIpc) is 3.27. The summed E-state index contributed by atoms with van der Waals surface area (Å²) in [5.74, 6) is -0.314. The van der Waals surface area contributed by atoms with Crippen LogP contribution >= 0.6 is 0 Å². The Morgan fingerprint density at radius 3 is 2.67 bits per heavy atom. The summed E-state index contributed by atoms with van der Waals surface area (Å²) >= 11 is 0. The van der Waals surface area contributed by atoms with Gasteiger partial charge in [0.1, 0.15) is 11.4 Å². The summed E-state index contributed by atoms with van der Waals surface area (Å²) in [6.45, 7) is 4.09. The first-order chi connectivity index (χ1) is 13.0. The number of aryl methyl sites for hydroxylation is 2. The Morgan fingerprint density at radius 1 is 1.15 bits per heavy atom. The van der Waals surface area contributed by atoms with Gasteiger partial charge in [0, 0.05) is 17.5 Å². The van der Waals surface area contributed by atoms with Crippen molar-refractivity contribution in [3.8, 4) is 11.6 Å². The van der Waals surface area contributed by atoms with E-state index < -0.39 is 5.91 Å². The Bertz CT molecular complexity index is 1130. The quantitative estimate of drug-likeness (QED) is 0.587. The zero-order valence-electron chi connectivity index (χ0n) is 14.7. The van der Waals surface area contributed by atoms with Crippen molar-refractivity contribution in [2.75, 3.05) is 0 Å². The van der Waals surface area contributed by atoms with Gasteiger partial charge in [0.15, 0.2) is 5.76 Å². The van der Waals surface area contributed by atoms with Crippen molar-refractivity contribution in [2.45, 2.75) is 20.4 Å². The normalized spacial score (nSPS) is 11.1. The molecule has 0 bridgehead atoms. The van der Waals surface area contributed by atoms with Crippen LogP contribution in [0.4, 0.5) is 4.39 Å². The van der Waals surface area contributed by atoms with E-state index in [0.29, 0.717) is 5.76 Å². The van der Waals surface area contributed by atoms with Gasteiger partial charge in [0.2, 0.25) is 5.82 Å². The molecule has 6 nitrogen and oxygen atoms in total. The van der Waals surface area contributed by atoms with Gasteiger partial charge < -0.3 is 14.3 Å². The zero-order valence-corrected chi connectivity index (χ0v) is 14.7. The molecular formula is C20H16FN3O3. The SMILES string of the molecule is Cc1c(-c2noc(C(=O)NCc3ccc(F)cc3)n2)oc2c(C)cccc12. The Hall–Kier alpha value is -3.48. The minimum absolute atomic E-state index is 0.163. The lowest BCUT2D eigenvalue weighted by molar-refractivity contribution is 0.0907. The van der Waals surface area contributed by atoms with Gasteiger partial charge in [0.05, 0.1) is 0 Å². The second-order valence-corrected chi connectivity index (χ2v) is 6.24. The van der Waals surface area contributed by atoms with E-state index in [1.54, 1.807) is 12.1 Å². The number of carbonyl (C=O) groups is 1. The summed E-state index contributed by atoms with van der Waals surface area (Å²) in [6.07, 6.45) is 0. The van der Waals surface area contributed by atoms with Crippen LogP contribution in [-0.2, 0) is 6.54 Å². The lowest BCUT2D eigenvalue weighted by Gasteiger charge is -2.01. The highest BCUT2D eigenvalue weighted by atomic mass is 19.1. The number of fused-ring (bicyclic) bond motifs is 1. The Kier molecular flexibility index (Phi) is 4.19. The van der Waals surface area contributed by atoms with Gasteiger partial charge in [0.25, 0.3) is 0 Å². The van der Waals surface area contributed by atoms with Crippen LogP contribution in [0.25, 0.3) is 22.6 Å². The van der Waals surface area contributed by atoms with Crippen molar-refractivity contribution in [3.05, 3.63) is 70.9 Å². The van der Waals surface area contributed by atoms with Gasteiger partial charge in [-0.2, -0.15) is 4.98 Å². The van der Waals surface area contributed by atoms with E-state index in [9.17, 15) is 9.18 Å². The minimum Gasteiger partial charge on any atom is -0.452 e. The smallest absolute Gasteiger partial charge is 0.316 e. The Balaban J connectivity index is 1.54. The number of nitrogens with one attached hydrogen (secondary N) is 1. The predicted molar refractivity (Wildman–Crippen MR) is 96.6 cm³/mol. The van der Waals surface area contributed by atoms with Crippen molar-refractivity contribution in [1.29, 1.82) is 0 Å². The second-order valence-electron chi connectivity index (χ2n) is 6.24. The van der Waals surface area contributed by atoms with Crippen molar-refractivity contribution >= 4 is 16.9 Å². The summed E-state index contributed by atoms with van der Waals surface area (Å²) in [5, 5.41) is 7.50. The lowest BCUT2D eigenvalue weighted by atomic mass is 10.1. The van der Waals surface area contributed by atoms with E-state index in [1.807, 2.05) is 32.0 Å². The molecule has 7 heteroatoms. The fourth-order valence-electron chi connectivity index (χ4n) is 2.87. The number of carbonyl (C=O) groups excluding carboxylic acids is 1. The second kappa shape index (κ2) is 6.68. The number of furan rings is 1. The number of hydrogen-bond donors (Lipinski definition) is 1. The number of para-hydroxylation sites is 1. The van der Waals surface area contributed by atoms with Gasteiger partial charge in [-0.1, -0.05) is 35.5 Å². The molecule has 0 aliphatic heterocycles. The molecule has 0 aliphatic carbocycles. The topological polar surface area (TPSA) is 81.2 Å². The molecule has 0 fully saturated rings. The largest absolute Gasteiger partial charge is 0.452 e. The van der Waals surface area contributed by atoms with Gasteiger partial charge in [-0.15, -0.1) is 0 Å². The first-order valence-corrected chi connectivity index (χ1v) is 8.38. The molecule has 0 saturated heterocycles. The van der Waals surface area contributed by atoms with Crippen molar-refractivity contribution in [2.24, 2.45) is 0 Å². The lowest BCUT2D eigenvalue weighted by Crippen LogP contribution is -2.23. The first kappa shape index (κ1) is 17.0. The summed E-state index contributed by atoms with van der Waals surface area (Å²) < 4.78 is 23.9. The maximum atomic E-state index is 12.9. The van der Waals surface area contributed by atoms with Crippen LogP contribution in [0.3, 0.4) is 0 Å². The third-order valence-electron chi connectivity index (χ3n) is 4.35. The molecule has 1 amide bonds. The predicted octanol–water partition coefficient (Wildman–Crippen LogP) is 4.17. The van der Waals surface area contributed by atoms with Crippen LogP contribution < -0.4 is 5.32 Å². The molecule has 0 atom stereocenters. The fourth-order valence-corrected chi connectivity index (χ4v) is 2.87. The number of halogens is 1. The van der Waals surface area contributed by atoms with Gasteiger partial charge in [-0.05, 0) is 37.1 Å². The molecule has 0 aliphatic rings. The minimum atomic E-state index is -0.511. The molecule has 0 unspecified atom stereocenters. The number of benzene rings is 2. The number of nitrogens with zero attached hydrogens (tertiary/aromatic N) is 2. The number of rotatable bonds is 4. The molecule has 2 aromatic heterocycles. The summed E-state index contributed by atoms with van der Waals surface area (Å²) in [5.41, 5.74) is 3.40. The van der Waals surface area contributed by atoms with Gasteiger partial charge in [-0.25, -0.2) is 4.39 Å². The number of amides is 1. The Morgan fingerprint density at radius 2 is 1.93 bits per heavy atom. The van der Waals surface area contributed by atoms with Crippen LogP contribution in [0.5, 0.6) is 0 Å². The molecule has 27 heavy (non-hydrogen) atoms. The first-order valence-electron chi connectivity index (χ1n) is 8.38. The van der Waals surface area contributed by atoms with Crippen molar-refractivity contribution in [3.63, 3.8) is 0 Å². The van der Waals surface area contributed by atoms with Crippen molar-refractivity contribution in [1.82, 2.24) is 15.5 Å². The van der Waals surface area contributed by atoms with Crippen LogP contribution in [0.2, 0.25) is 0 Å². The average molecular weight is 365 g/mol. The van der Waals surface area contributed by atoms with E-state index in [-0.39, 0.29) is 24.1 Å². The maximum Gasteiger partial charge on any atom is 0.316 e. The van der Waals surface area contributed by atoms with Crippen LogP contribution in [-0.4, -0.2) is 16.0 Å². The molecule has 4 aromatic rings. The standard InChI is InChI=1S/C20H16FN3O3/c1-11-4-3-5-15-12(2)17(26-16(11)15)18-23-20(27-24-18)19(25)22-10-13-6-8-14(21)9-7-13/h3-9H,10H2,1-2H3,(H,22,25). The highest BCUT2D eigenvalue weighted by molar-refractivity contribution is 5.91. The highest BCUT2D eigenvalue weighted by Gasteiger charge is 2.21. The molecular weight excluding hydrogens is 349 g/mol. The number of hydrogen-bond acceptors (Lipinski definition) is 5. The maximum absolute atomic E-state index is 12.9. The van der Waals surface area contributed by atoms with E-state index in [1.165, 1.54) is 12.1 Å². The summed E-state index contributed by atoms with van der Waals surface area (Å²) in [7, 11) is 0. The molecule has 0 radical (unpaired) electrons. The summed E-state index contributed by atoms with van der Waals surface area (Å²) in [4.78, 5) is 16.4. The molecule has 2 heterocycles. The van der Waals surface area contributed by atoms with Crippen LogP contribution in [0, 0.1) is 19.7 Å². The van der Waals surface area contributed by atoms with E-state index >= 15 is 0 Å². The van der Waals surface area contributed by atoms with Crippen LogP contribution in [0.1, 0.15) is 27.4 Å². The molecule has 0 spiro atoms. The van der Waals surface area contributed by atoms with Crippen LogP contribution in [0.15, 0.2) is 51.4 Å². The fraction of sp³-hybridized carbons (Fsp3) is 0.150. The van der Waals surface area contributed by atoms with Gasteiger partial charge in [-0.3, -0.25) is 4.79 Å². The Labute approximate surface area is 154 Å². The third-order valence-corrected chi connectivity index (χ3v) is 4.35. The molecule has 0 saturated carbocycles. The molecule has 2 aromatic carbocycles. The highest BCUT2D eigenvalue weighted by Crippen LogP contribution is 2.32. The van der Waals surface area contributed by atoms with E-state index in [4.69, 9.17) is 8.94 Å². The number of aromatic nitrogens is 2. The summed E-state index contributed by atoms with van der Waals surface area (Å²) in [6, 6.07) is 11.7. The molecule has 1 N–H and O–H groups in total. The monoisotopic (exact) mass is 365 g/mol. The zero-order chi connectivity index (χ0) is 19.0. The third kappa shape index (κ3) is 3.19. The molecule has 136 valence electrons.